The van der Waals surface area contributed by atoms with E-state index < -0.39 is 0 Å². The van der Waals surface area contributed by atoms with E-state index in [0.717, 1.165) is 11.1 Å². The molecule has 4 nitrogen and oxygen atoms in total. The topological polar surface area (TPSA) is 45.7 Å². The molecule has 0 amide bonds. The number of halogens is 2. The van der Waals surface area contributed by atoms with Crippen LogP contribution in [0.25, 0.3) is 0 Å². The lowest BCUT2D eigenvalue weighted by atomic mass is 10.1. The lowest BCUT2D eigenvalue weighted by Crippen LogP contribution is -2.38. The summed E-state index contributed by atoms with van der Waals surface area (Å²) in [7, 11) is 1.72. The van der Waals surface area contributed by atoms with E-state index in [1.165, 1.54) is 6.07 Å². The van der Waals surface area contributed by atoms with E-state index >= 15 is 0 Å². The summed E-state index contributed by atoms with van der Waals surface area (Å²) < 4.78 is 18.9. The van der Waals surface area contributed by atoms with Crippen LogP contribution in [0.5, 0.6) is 0 Å². The number of benzene rings is 2. The van der Waals surface area contributed by atoms with Crippen LogP contribution < -0.4 is 10.6 Å². The number of hydrogen-bond donors (Lipinski definition) is 2. The standard InChI is InChI=1S/C19H24FN3O.HI/c1-15-12-17(8-9-18(15)20)13-23-19(21-2)22-10-11-24-14-16-6-4-3-5-7-16;/h3-9,12H,10-11,13-14H2,1-2H3,(H2,21,22,23);1H. The molecule has 0 bridgehead atoms. The van der Waals surface area contributed by atoms with Crippen molar-refractivity contribution in [2.75, 3.05) is 20.2 Å². The van der Waals surface area contributed by atoms with Gasteiger partial charge in [-0.25, -0.2) is 4.39 Å². The van der Waals surface area contributed by atoms with Gasteiger partial charge in [-0.2, -0.15) is 0 Å². The van der Waals surface area contributed by atoms with Crippen molar-refractivity contribution in [2.45, 2.75) is 20.1 Å². The van der Waals surface area contributed by atoms with Gasteiger partial charge < -0.3 is 15.4 Å². The van der Waals surface area contributed by atoms with Crippen LogP contribution in [0, 0.1) is 12.7 Å². The maximum Gasteiger partial charge on any atom is 0.191 e. The van der Waals surface area contributed by atoms with E-state index in [1.807, 2.05) is 36.4 Å². The summed E-state index contributed by atoms with van der Waals surface area (Å²) in [6.45, 7) is 4.20. The number of ether oxygens (including phenoxy) is 1. The molecule has 2 aromatic rings. The minimum absolute atomic E-state index is 0. The predicted octanol–water partition coefficient (Wildman–Crippen LogP) is 3.63. The summed E-state index contributed by atoms with van der Waals surface area (Å²) in [5, 5.41) is 6.39. The number of hydrogen-bond acceptors (Lipinski definition) is 2. The van der Waals surface area contributed by atoms with Gasteiger partial charge in [-0.1, -0.05) is 42.5 Å². The maximum atomic E-state index is 13.3. The Kier molecular flexibility index (Phi) is 10.1. The molecule has 0 saturated carbocycles. The van der Waals surface area contributed by atoms with E-state index in [4.69, 9.17) is 4.74 Å². The Labute approximate surface area is 165 Å². The second-order valence-corrected chi connectivity index (χ2v) is 5.47. The van der Waals surface area contributed by atoms with Crippen LogP contribution in [-0.4, -0.2) is 26.2 Å². The van der Waals surface area contributed by atoms with Crippen molar-refractivity contribution in [2.24, 2.45) is 4.99 Å². The van der Waals surface area contributed by atoms with Gasteiger partial charge in [-0.05, 0) is 29.7 Å². The lowest BCUT2D eigenvalue weighted by Gasteiger charge is -2.12. The minimum atomic E-state index is -0.183. The smallest absolute Gasteiger partial charge is 0.191 e. The third-order valence-electron chi connectivity index (χ3n) is 3.56. The number of rotatable bonds is 7. The number of nitrogens with zero attached hydrogens (tertiary/aromatic N) is 1. The van der Waals surface area contributed by atoms with E-state index in [9.17, 15) is 4.39 Å². The summed E-state index contributed by atoms with van der Waals surface area (Å²) in [6, 6.07) is 15.2. The van der Waals surface area contributed by atoms with Crippen LogP contribution in [0.4, 0.5) is 4.39 Å². The molecule has 0 unspecified atom stereocenters. The van der Waals surface area contributed by atoms with E-state index in [2.05, 4.69) is 15.6 Å². The third kappa shape index (κ3) is 7.83. The van der Waals surface area contributed by atoms with Crippen LogP contribution in [0.15, 0.2) is 53.5 Å². The molecule has 0 aliphatic heterocycles. The van der Waals surface area contributed by atoms with Crippen LogP contribution >= 0.6 is 24.0 Å². The van der Waals surface area contributed by atoms with E-state index in [0.29, 0.717) is 37.8 Å². The number of aliphatic imine (C=N–C) groups is 1. The SMILES string of the molecule is CN=C(NCCOCc1ccccc1)NCc1ccc(F)c(C)c1.I. The maximum absolute atomic E-state index is 13.3. The second-order valence-electron chi connectivity index (χ2n) is 5.47. The zero-order valence-corrected chi connectivity index (χ0v) is 16.9. The number of aryl methyl sites for hydroxylation is 1. The van der Waals surface area contributed by atoms with Gasteiger partial charge in [0.15, 0.2) is 5.96 Å². The molecule has 6 heteroatoms. The Morgan fingerprint density at radius 3 is 2.52 bits per heavy atom. The average Bonchev–Trinajstić information content (AvgIpc) is 2.61. The van der Waals surface area contributed by atoms with Gasteiger partial charge in [-0.3, -0.25) is 4.99 Å². The first-order valence-electron chi connectivity index (χ1n) is 8.00. The normalized spacial score (nSPS) is 10.9. The van der Waals surface area contributed by atoms with E-state index in [1.54, 1.807) is 20.0 Å². The fraction of sp³-hybridized carbons (Fsp3) is 0.316. The molecule has 2 rings (SSSR count). The number of guanidine groups is 1. The first kappa shape index (κ1) is 21.4. The summed E-state index contributed by atoms with van der Waals surface area (Å²) >= 11 is 0. The largest absolute Gasteiger partial charge is 0.375 e. The van der Waals surface area contributed by atoms with Crippen molar-refractivity contribution in [3.8, 4) is 0 Å². The zero-order chi connectivity index (χ0) is 17.2. The number of nitrogens with one attached hydrogen (secondary N) is 2. The zero-order valence-electron chi connectivity index (χ0n) is 14.6. The molecule has 0 radical (unpaired) electrons. The molecule has 0 fully saturated rings. The third-order valence-corrected chi connectivity index (χ3v) is 3.56. The van der Waals surface area contributed by atoms with Crippen molar-refractivity contribution in [3.63, 3.8) is 0 Å². The Morgan fingerprint density at radius 1 is 1.08 bits per heavy atom. The Hall–Kier alpha value is -1.67. The molecule has 0 aromatic heterocycles. The molecule has 0 atom stereocenters. The summed E-state index contributed by atoms with van der Waals surface area (Å²) in [4.78, 5) is 4.16. The Morgan fingerprint density at radius 2 is 1.84 bits per heavy atom. The Bertz CT molecular complexity index is 665. The summed E-state index contributed by atoms with van der Waals surface area (Å²) in [6.07, 6.45) is 0. The minimum Gasteiger partial charge on any atom is -0.375 e. The molecule has 0 aliphatic rings. The molecule has 0 saturated heterocycles. The van der Waals surface area contributed by atoms with Crippen LogP contribution in [-0.2, 0) is 17.9 Å². The van der Waals surface area contributed by atoms with Gasteiger partial charge in [-0.15, -0.1) is 24.0 Å². The van der Waals surface area contributed by atoms with Gasteiger partial charge in [0.05, 0.1) is 13.2 Å². The molecule has 136 valence electrons. The van der Waals surface area contributed by atoms with Crippen LogP contribution in [0.1, 0.15) is 16.7 Å². The van der Waals surface area contributed by atoms with Crippen molar-refractivity contribution in [3.05, 3.63) is 71.0 Å². The molecule has 2 N–H and O–H groups in total. The molecule has 0 aliphatic carbocycles. The first-order valence-corrected chi connectivity index (χ1v) is 8.00. The van der Waals surface area contributed by atoms with Crippen molar-refractivity contribution >= 4 is 29.9 Å². The van der Waals surface area contributed by atoms with Crippen LogP contribution in [0.3, 0.4) is 0 Å². The van der Waals surface area contributed by atoms with Crippen molar-refractivity contribution in [1.82, 2.24) is 10.6 Å². The highest BCUT2D eigenvalue weighted by molar-refractivity contribution is 14.0. The van der Waals surface area contributed by atoms with Gasteiger partial charge >= 0.3 is 0 Å². The van der Waals surface area contributed by atoms with Gasteiger partial charge in [0.1, 0.15) is 5.82 Å². The molecule has 25 heavy (non-hydrogen) atoms. The van der Waals surface area contributed by atoms with Gasteiger partial charge in [0, 0.05) is 20.1 Å². The van der Waals surface area contributed by atoms with Crippen LogP contribution in [0.2, 0.25) is 0 Å². The lowest BCUT2D eigenvalue weighted by molar-refractivity contribution is 0.125. The molecule has 2 aromatic carbocycles. The molecular formula is C19H25FIN3O. The van der Waals surface area contributed by atoms with Gasteiger partial charge in [0.2, 0.25) is 0 Å². The summed E-state index contributed by atoms with van der Waals surface area (Å²) in [5.74, 6) is 0.511. The van der Waals surface area contributed by atoms with E-state index in [-0.39, 0.29) is 29.8 Å². The molecular weight excluding hydrogens is 432 g/mol. The molecule has 0 heterocycles. The summed E-state index contributed by atoms with van der Waals surface area (Å²) in [5.41, 5.74) is 2.82. The molecule has 0 spiro atoms. The highest BCUT2D eigenvalue weighted by Crippen LogP contribution is 2.08. The second kappa shape index (κ2) is 11.8. The fourth-order valence-electron chi connectivity index (χ4n) is 2.23. The highest BCUT2D eigenvalue weighted by Gasteiger charge is 2.01. The quantitative estimate of drug-likeness (QED) is 0.289. The fourth-order valence-corrected chi connectivity index (χ4v) is 2.23. The van der Waals surface area contributed by atoms with Gasteiger partial charge in [0.25, 0.3) is 0 Å². The van der Waals surface area contributed by atoms with Crippen molar-refractivity contribution in [1.29, 1.82) is 0 Å². The monoisotopic (exact) mass is 457 g/mol. The first-order chi connectivity index (χ1) is 11.7. The average molecular weight is 457 g/mol. The Balaban J connectivity index is 0.00000312. The highest BCUT2D eigenvalue weighted by atomic mass is 127. The predicted molar refractivity (Wildman–Crippen MR) is 111 cm³/mol. The van der Waals surface area contributed by atoms with Crippen molar-refractivity contribution < 1.29 is 9.13 Å².